The van der Waals surface area contributed by atoms with Crippen LogP contribution in [0.4, 0.5) is 0 Å². The molecule has 25 heavy (non-hydrogen) atoms. The summed E-state index contributed by atoms with van der Waals surface area (Å²) in [7, 11) is 0. The molecule has 1 saturated heterocycles. The minimum Gasteiger partial charge on any atom is -0.463 e. The van der Waals surface area contributed by atoms with Crippen molar-refractivity contribution in [3.8, 4) is 0 Å². The lowest BCUT2D eigenvalue weighted by Gasteiger charge is -2.29. The second-order valence-electron chi connectivity index (χ2n) is 7.60. The third-order valence-electron chi connectivity index (χ3n) is 5.89. The Balaban J connectivity index is 1.52. The van der Waals surface area contributed by atoms with Crippen LogP contribution in [0.15, 0.2) is 22.8 Å². The molecule has 1 amide bonds. The molecule has 2 heterocycles. The van der Waals surface area contributed by atoms with E-state index in [1.807, 2.05) is 19.1 Å². The molecule has 2 fully saturated rings. The number of hydrogen-bond donors (Lipinski definition) is 2. The van der Waals surface area contributed by atoms with Gasteiger partial charge in [-0.2, -0.15) is 0 Å². The van der Waals surface area contributed by atoms with Crippen LogP contribution in [0.1, 0.15) is 47.2 Å². The van der Waals surface area contributed by atoms with E-state index in [-0.39, 0.29) is 18.1 Å². The van der Waals surface area contributed by atoms with E-state index in [0.29, 0.717) is 11.6 Å². The Morgan fingerprint density at radius 1 is 1.24 bits per heavy atom. The highest BCUT2D eigenvalue weighted by atomic mass is 16.3. The molecule has 5 nitrogen and oxygen atoms in total. The maximum atomic E-state index is 12.9. The molecule has 0 spiro atoms. The summed E-state index contributed by atoms with van der Waals surface area (Å²) in [5.41, 5.74) is 3.70. The van der Waals surface area contributed by atoms with Gasteiger partial charge in [-0.15, -0.1) is 0 Å². The van der Waals surface area contributed by atoms with Crippen molar-refractivity contribution in [2.45, 2.75) is 57.7 Å². The number of carbonyl (C=O) groups excluding carboxylic acids is 1. The van der Waals surface area contributed by atoms with E-state index in [2.05, 4.69) is 17.1 Å². The predicted molar refractivity (Wildman–Crippen MR) is 96.8 cm³/mol. The number of benzene rings is 1. The van der Waals surface area contributed by atoms with Crippen LogP contribution in [0, 0.1) is 13.8 Å². The first-order valence-corrected chi connectivity index (χ1v) is 9.24. The van der Waals surface area contributed by atoms with Crippen LogP contribution in [0.25, 0.3) is 11.0 Å². The van der Waals surface area contributed by atoms with E-state index < -0.39 is 0 Å². The molecular weight excluding hydrogens is 316 g/mol. The number of likely N-dealkylation sites (tertiary alicyclic amines) is 1. The summed E-state index contributed by atoms with van der Waals surface area (Å²) in [6.07, 6.45) is 5.39. The lowest BCUT2D eigenvalue weighted by atomic mass is 10.0. The molecule has 2 aromatic rings. The number of aliphatic hydroxyl groups is 1. The molecule has 1 saturated carbocycles. The van der Waals surface area contributed by atoms with Crippen LogP contribution in [0.2, 0.25) is 0 Å². The second-order valence-corrected chi connectivity index (χ2v) is 7.60. The van der Waals surface area contributed by atoms with Gasteiger partial charge in [-0.25, -0.2) is 0 Å². The van der Waals surface area contributed by atoms with Crippen LogP contribution in [-0.2, 0) is 0 Å². The molecule has 1 aliphatic heterocycles. The predicted octanol–water partition coefficient (Wildman–Crippen LogP) is 2.77. The van der Waals surface area contributed by atoms with E-state index in [9.17, 15) is 9.90 Å². The molecule has 1 aromatic carbocycles. The highest BCUT2D eigenvalue weighted by Crippen LogP contribution is 2.29. The van der Waals surface area contributed by atoms with Gasteiger partial charge in [-0.05, 0) is 62.8 Å². The quantitative estimate of drug-likeness (QED) is 0.900. The normalized spacial score (nSPS) is 27.2. The minimum absolute atomic E-state index is 0.0568. The van der Waals surface area contributed by atoms with Crippen molar-refractivity contribution in [1.29, 1.82) is 0 Å². The summed E-state index contributed by atoms with van der Waals surface area (Å²) in [4.78, 5) is 15.2. The largest absolute Gasteiger partial charge is 0.463 e. The molecule has 1 unspecified atom stereocenters. The Morgan fingerprint density at radius 2 is 2.04 bits per heavy atom. The number of hydrogen-bond acceptors (Lipinski definition) is 4. The van der Waals surface area contributed by atoms with E-state index in [1.165, 1.54) is 0 Å². The zero-order valence-corrected chi connectivity index (χ0v) is 14.9. The fraction of sp³-hybridized carbons (Fsp3) is 0.550. The summed E-state index contributed by atoms with van der Waals surface area (Å²) in [6.45, 7) is 5.75. The van der Waals surface area contributed by atoms with Gasteiger partial charge in [0.15, 0.2) is 0 Å². The van der Waals surface area contributed by atoms with Gasteiger partial charge in [0.25, 0.3) is 5.91 Å². The second kappa shape index (κ2) is 6.46. The number of nitrogens with one attached hydrogen (secondary N) is 1. The van der Waals surface area contributed by atoms with Crippen LogP contribution in [0.5, 0.6) is 0 Å². The SMILES string of the molecule is Cc1cc2occ(C(=O)N[C@@H]3CCC[C@@H]3N3CCC(O)C3)c2cc1C. The summed E-state index contributed by atoms with van der Waals surface area (Å²) >= 11 is 0. The molecule has 2 aliphatic rings. The number of amides is 1. The first kappa shape index (κ1) is 16.6. The van der Waals surface area contributed by atoms with Crippen molar-refractivity contribution in [2.24, 2.45) is 0 Å². The fourth-order valence-corrected chi connectivity index (χ4v) is 4.32. The number of β-amino-alcohol motifs (C(OH)–C–C–N with tert-alkyl or cyclic N) is 1. The van der Waals surface area contributed by atoms with Crippen molar-refractivity contribution < 1.29 is 14.3 Å². The van der Waals surface area contributed by atoms with Gasteiger partial charge in [0.05, 0.1) is 11.7 Å². The van der Waals surface area contributed by atoms with Crippen molar-refractivity contribution >= 4 is 16.9 Å². The van der Waals surface area contributed by atoms with Crippen LogP contribution < -0.4 is 5.32 Å². The van der Waals surface area contributed by atoms with Crippen molar-refractivity contribution in [3.05, 3.63) is 35.1 Å². The molecule has 134 valence electrons. The topological polar surface area (TPSA) is 65.7 Å². The zero-order chi connectivity index (χ0) is 17.6. The first-order valence-electron chi connectivity index (χ1n) is 9.24. The molecule has 3 atom stereocenters. The van der Waals surface area contributed by atoms with Gasteiger partial charge in [0, 0.05) is 30.6 Å². The molecule has 5 heteroatoms. The van der Waals surface area contributed by atoms with E-state index >= 15 is 0 Å². The molecule has 1 aliphatic carbocycles. The smallest absolute Gasteiger partial charge is 0.255 e. The van der Waals surface area contributed by atoms with Gasteiger partial charge in [0.1, 0.15) is 11.8 Å². The van der Waals surface area contributed by atoms with Gasteiger partial charge < -0.3 is 14.8 Å². The van der Waals surface area contributed by atoms with Crippen molar-refractivity contribution in [2.75, 3.05) is 13.1 Å². The minimum atomic E-state index is -0.221. The van der Waals surface area contributed by atoms with Crippen LogP contribution in [0.3, 0.4) is 0 Å². The Labute approximate surface area is 148 Å². The Kier molecular flexibility index (Phi) is 4.29. The van der Waals surface area contributed by atoms with E-state index in [0.717, 1.165) is 60.9 Å². The number of nitrogens with zero attached hydrogens (tertiary/aromatic N) is 1. The number of rotatable bonds is 3. The van der Waals surface area contributed by atoms with Crippen molar-refractivity contribution in [1.82, 2.24) is 10.2 Å². The molecule has 2 N–H and O–H groups in total. The maximum absolute atomic E-state index is 12.9. The molecular formula is C20H26N2O3. The standard InChI is InChI=1S/C20H26N2O3/c1-12-8-15-16(11-25-19(15)9-13(12)2)20(24)21-17-4-3-5-18(17)22-7-6-14(23)10-22/h8-9,11,14,17-18,23H,3-7,10H2,1-2H3,(H,21,24)/t14?,17-,18+/m1/s1. The summed E-state index contributed by atoms with van der Waals surface area (Å²) in [5, 5.41) is 13.9. The third-order valence-corrected chi connectivity index (χ3v) is 5.89. The zero-order valence-electron chi connectivity index (χ0n) is 14.9. The number of furan rings is 1. The average molecular weight is 342 g/mol. The summed E-state index contributed by atoms with van der Waals surface area (Å²) < 4.78 is 5.61. The molecule has 4 rings (SSSR count). The lowest BCUT2D eigenvalue weighted by molar-refractivity contribution is 0.0906. The van der Waals surface area contributed by atoms with Crippen molar-refractivity contribution in [3.63, 3.8) is 0 Å². The number of aliphatic hydroxyl groups excluding tert-OH is 1. The van der Waals surface area contributed by atoms with Crippen LogP contribution >= 0.6 is 0 Å². The third kappa shape index (κ3) is 3.07. The Bertz CT molecular complexity index is 798. The summed E-state index contributed by atoms with van der Waals surface area (Å²) in [5.74, 6) is -0.0568. The van der Waals surface area contributed by atoms with Gasteiger partial charge in [-0.3, -0.25) is 9.69 Å². The fourth-order valence-electron chi connectivity index (χ4n) is 4.32. The summed E-state index contributed by atoms with van der Waals surface area (Å²) in [6, 6.07) is 4.51. The Morgan fingerprint density at radius 3 is 2.80 bits per heavy atom. The van der Waals surface area contributed by atoms with Gasteiger partial charge >= 0.3 is 0 Å². The van der Waals surface area contributed by atoms with E-state index in [1.54, 1.807) is 6.26 Å². The monoisotopic (exact) mass is 342 g/mol. The van der Waals surface area contributed by atoms with Gasteiger partial charge in [-0.1, -0.05) is 0 Å². The number of aryl methyl sites for hydroxylation is 2. The number of fused-ring (bicyclic) bond motifs is 1. The molecule has 0 radical (unpaired) electrons. The highest BCUT2D eigenvalue weighted by molar-refractivity contribution is 6.06. The average Bonchev–Trinajstić information content (AvgIpc) is 3.28. The number of carbonyl (C=O) groups is 1. The lowest BCUT2D eigenvalue weighted by Crippen LogP contribution is -2.48. The molecule has 0 bridgehead atoms. The Hall–Kier alpha value is -1.85. The highest BCUT2D eigenvalue weighted by Gasteiger charge is 2.36. The first-order chi connectivity index (χ1) is 12.0. The molecule has 1 aromatic heterocycles. The van der Waals surface area contributed by atoms with E-state index in [4.69, 9.17) is 4.42 Å². The maximum Gasteiger partial charge on any atom is 0.255 e. The van der Waals surface area contributed by atoms with Crippen LogP contribution in [-0.4, -0.2) is 47.2 Å². The van der Waals surface area contributed by atoms with Gasteiger partial charge in [0.2, 0.25) is 0 Å².